The third-order valence-electron chi connectivity index (χ3n) is 9.48. The van der Waals surface area contributed by atoms with Crippen molar-refractivity contribution in [3.8, 4) is 0 Å². The SMILES string of the molecule is CCC(C)(c1ccc(N=NC=C2C=C(c3ccccc3)C(=O)C(c3ccccc3)=C2)cc1)c1ccc(N=NC=C2C=C(C(F)(F)F)C(=O)C(C(F)(F)F)=C2)cc1. The lowest BCUT2D eigenvalue weighted by molar-refractivity contribution is -0.136. The Labute approximate surface area is 318 Å². The second-order valence-corrected chi connectivity index (χ2v) is 13.1. The minimum absolute atomic E-state index is 0.0794. The zero-order valence-electron chi connectivity index (χ0n) is 29.9. The molecule has 12 heteroatoms. The molecule has 282 valence electrons. The third kappa shape index (κ3) is 8.70. The highest BCUT2D eigenvalue weighted by Gasteiger charge is 2.48. The molecule has 2 aliphatic carbocycles. The van der Waals surface area contributed by atoms with Crippen LogP contribution in [0.3, 0.4) is 0 Å². The number of allylic oxidation sites excluding steroid dienone is 10. The van der Waals surface area contributed by atoms with Crippen molar-refractivity contribution < 1.29 is 35.9 Å². The molecule has 0 saturated heterocycles. The number of alkyl halides is 6. The summed E-state index contributed by atoms with van der Waals surface area (Å²) in [6, 6.07) is 33.4. The fraction of sp³-hybridized carbons (Fsp3) is 0.136. The molecule has 2 aliphatic rings. The summed E-state index contributed by atoms with van der Waals surface area (Å²) in [5.41, 5.74) is 1.36. The van der Waals surface area contributed by atoms with Gasteiger partial charge in [0.25, 0.3) is 0 Å². The van der Waals surface area contributed by atoms with Crippen molar-refractivity contribution in [3.63, 3.8) is 0 Å². The first-order chi connectivity index (χ1) is 26.7. The van der Waals surface area contributed by atoms with Crippen molar-refractivity contribution >= 4 is 34.1 Å². The molecule has 6 nitrogen and oxygen atoms in total. The van der Waals surface area contributed by atoms with Gasteiger partial charge in [0.2, 0.25) is 5.78 Å². The lowest BCUT2D eigenvalue weighted by Crippen LogP contribution is -2.30. The van der Waals surface area contributed by atoms with Gasteiger partial charge in [0.1, 0.15) is 11.1 Å². The monoisotopic (exact) mass is 762 g/mol. The summed E-state index contributed by atoms with van der Waals surface area (Å²) in [4.78, 5) is 25.3. The molecule has 0 spiro atoms. The predicted octanol–water partition coefficient (Wildman–Crippen LogP) is 12.6. The van der Waals surface area contributed by atoms with Crippen LogP contribution in [0, 0.1) is 0 Å². The Morgan fingerprint density at radius 1 is 0.518 bits per heavy atom. The summed E-state index contributed by atoms with van der Waals surface area (Å²) >= 11 is 0. The Morgan fingerprint density at radius 3 is 1.25 bits per heavy atom. The maximum absolute atomic E-state index is 13.5. The lowest BCUT2D eigenvalue weighted by atomic mass is 9.74. The molecular weight excluding hydrogens is 730 g/mol. The molecule has 4 aromatic carbocycles. The molecule has 0 N–H and O–H groups in total. The quantitative estimate of drug-likeness (QED) is 0.126. The average Bonchev–Trinajstić information content (AvgIpc) is 3.19. The van der Waals surface area contributed by atoms with Crippen LogP contribution in [0.1, 0.15) is 42.5 Å². The fourth-order valence-electron chi connectivity index (χ4n) is 6.23. The maximum atomic E-state index is 13.5. The Kier molecular flexibility index (Phi) is 11.2. The molecule has 4 aromatic rings. The van der Waals surface area contributed by atoms with Gasteiger partial charge in [-0.05, 0) is 88.4 Å². The Bertz CT molecular complexity index is 2290. The van der Waals surface area contributed by atoms with Crippen molar-refractivity contribution in [2.24, 2.45) is 20.5 Å². The number of rotatable bonds is 9. The molecule has 56 heavy (non-hydrogen) atoms. The molecule has 0 heterocycles. The van der Waals surface area contributed by atoms with E-state index >= 15 is 0 Å². The largest absolute Gasteiger partial charge is 0.420 e. The number of azo groups is 2. The molecule has 0 amide bonds. The highest BCUT2D eigenvalue weighted by atomic mass is 19.4. The number of Topliss-reactive ketones (excluding diaryl/α,β-unsaturated/α-hetero) is 2. The number of nitrogens with zero attached hydrogens (tertiary/aromatic N) is 4. The van der Waals surface area contributed by atoms with Crippen LogP contribution in [0.15, 0.2) is 189 Å². The highest BCUT2D eigenvalue weighted by Crippen LogP contribution is 2.40. The lowest BCUT2D eigenvalue weighted by Gasteiger charge is -2.30. The van der Waals surface area contributed by atoms with E-state index in [1.54, 1.807) is 30.5 Å². The number of benzene rings is 4. The smallest absolute Gasteiger partial charge is 0.289 e. The van der Waals surface area contributed by atoms with Crippen LogP contribution in [0.4, 0.5) is 37.7 Å². The summed E-state index contributed by atoms with van der Waals surface area (Å²) in [6.07, 6.45) is -3.28. The van der Waals surface area contributed by atoms with Gasteiger partial charge in [-0.2, -0.15) is 46.8 Å². The Hall–Kier alpha value is -6.56. The first kappa shape index (κ1) is 39.1. The first-order valence-electron chi connectivity index (χ1n) is 17.3. The minimum atomic E-state index is -5.28. The van der Waals surface area contributed by atoms with E-state index < -0.39 is 40.3 Å². The summed E-state index contributed by atoms with van der Waals surface area (Å²) in [7, 11) is 0. The van der Waals surface area contributed by atoms with Crippen LogP contribution in [-0.4, -0.2) is 23.9 Å². The van der Waals surface area contributed by atoms with Gasteiger partial charge in [0.15, 0.2) is 5.78 Å². The van der Waals surface area contributed by atoms with Crippen LogP contribution >= 0.6 is 0 Å². The van der Waals surface area contributed by atoms with Gasteiger partial charge >= 0.3 is 12.4 Å². The van der Waals surface area contributed by atoms with E-state index in [0.29, 0.717) is 46.7 Å². The van der Waals surface area contributed by atoms with E-state index in [9.17, 15) is 35.9 Å². The topological polar surface area (TPSA) is 83.6 Å². The molecule has 6 rings (SSSR count). The predicted molar refractivity (Wildman–Crippen MR) is 202 cm³/mol. The number of ketones is 2. The zero-order chi connectivity index (χ0) is 40.1. The van der Waals surface area contributed by atoms with Gasteiger partial charge < -0.3 is 0 Å². The summed E-state index contributed by atoms with van der Waals surface area (Å²) in [5.74, 6) is -2.23. The molecule has 0 bridgehead atoms. The van der Waals surface area contributed by atoms with E-state index in [1.807, 2.05) is 104 Å². The molecule has 1 atom stereocenters. The standard InChI is InChI=1S/C44H32F6N4O2/c1-3-42(2,33-16-20-35(21-17-33)54-52-27-29-24-38(43(45,46)47)41(56)39(25-29)44(48,49)50)32-14-18-34(19-15-32)53-51-26-28-22-36(30-10-6-4-7-11-30)40(55)37(23-28)31-12-8-5-9-13-31/h4-27H,3H2,1-2H3. The first-order valence-corrected chi connectivity index (χ1v) is 17.3. The molecule has 0 saturated carbocycles. The van der Waals surface area contributed by atoms with Gasteiger partial charge in [-0.25, -0.2) is 0 Å². The van der Waals surface area contributed by atoms with E-state index in [2.05, 4.69) is 27.4 Å². The van der Waals surface area contributed by atoms with Crippen molar-refractivity contribution in [2.45, 2.75) is 38.0 Å². The Balaban J connectivity index is 1.18. The molecule has 0 aliphatic heterocycles. The van der Waals surface area contributed by atoms with Crippen LogP contribution in [0.2, 0.25) is 0 Å². The number of hydrogen-bond acceptors (Lipinski definition) is 6. The third-order valence-corrected chi connectivity index (χ3v) is 9.48. The average molecular weight is 763 g/mol. The van der Waals surface area contributed by atoms with E-state index in [-0.39, 0.29) is 5.78 Å². The van der Waals surface area contributed by atoms with Crippen molar-refractivity contribution in [3.05, 3.63) is 190 Å². The van der Waals surface area contributed by atoms with Crippen LogP contribution in [0.25, 0.3) is 11.1 Å². The number of carbonyl (C=O) groups excluding carboxylic acids is 2. The van der Waals surface area contributed by atoms with E-state index in [0.717, 1.165) is 28.5 Å². The van der Waals surface area contributed by atoms with Gasteiger partial charge in [0, 0.05) is 16.6 Å². The van der Waals surface area contributed by atoms with E-state index in [4.69, 9.17) is 0 Å². The van der Waals surface area contributed by atoms with Gasteiger partial charge in [0.05, 0.1) is 23.8 Å². The molecule has 0 radical (unpaired) electrons. The summed E-state index contributed by atoms with van der Waals surface area (Å²) < 4.78 is 79.6. The van der Waals surface area contributed by atoms with Gasteiger partial charge in [-0.3, -0.25) is 9.59 Å². The molecule has 0 fully saturated rings. The fourth-order valence-corrected chi connectivity index (χ4v) is 6.23. The number of hydrogen-bond donors (Lipinski definition) is 0. The Morgan fingerprint density at radius 2 is 0.893 bits per heavy atom. The highest BCUT2D eigenvalue weighted by molar-refractivity contribution is 6.43. The van der Waals surface area contributed by atoms with Crippen LogP contribution in [0.5, 0.6) is 0 Å². The van der Waals surface area contributed by atoms with Crippen molar-refractivity contribution in [1.82, 2.24) is 0 Å². The van der Waals surface area contributed by atoms with Crippen molar-refractivity contribution in [1.29, 1.82) is 0 Å². The summed E-state index contributed by atoms with van der Waals surface area (Å²) in [6.45, 7) is 4.09. The second kappa shape index (κ2) is 16.0. The maximum Gasteiger partial charge on any atom is 0.420 e. The molecular formula is C44H32F6N4O2. The second-order valence-electron chi connectivity index (χ2n) is 13.1. The van der Waals surface area contributed by atoms with Gasteiger partial charge in [-0.1, -0.05) is 98.8 Å². The molecule has 1 unspecified atom stereocenters. The summed E-state index contributed by atoms with van der Waals surface area (Å²) in [5, 5.41) is 16.3. The number of halogens is 6. The minimum Gasteiger partial charge on any atom is -0.289 e. The van der Waals surface area contributed by atoms with E-state index in [1.165, 1.54) is 0 Å². The van der Waals surface area contributed by atoms with Crippen LogP contribution in [-0.2, 0) is 15.0 Å². The van der Waals surface area contributed by atoms with Crippen LogP contribution < -0.4 is 0 Å². The van der Waals surface area contributed by atoms with Gasteiger partial charge in [-0.15, -0.1) is 0 Å². The normalized spacial score (nSPS) is 16.4. The zero-order valence-corrected chi connectivity index (χ0v) is 29.9. The number of carbonyl (C=O) groups is 2. The molecule has 0 aromatic heterocycles. The van der Waals surface area contributed by atoms with Crippen molar-refractivity contribution in [2.75, 3.05) is 0 Å².